The molecule has 0 unspecified atom stereocenters. The number of nitrogens with one attached hydrogen (secondary N) is 1. The van der Waals surface area contributed by atoms with Gasteiger partial charge in [-0.2, -0.15) is 0 Å². The van der Waals surface area contributed by atoms with Crippen molar-refractivity contribution in [3.8, 4) is 10.6 Å². The third-order valence-electron chi connectivity index (χ3n) is 3.90. The molecular formula is C20H22N2O2S2. The number of hydrogen-bond acceptors (Lipinski definition) is 5. The van der Waals surface area contributed by atoms with Crippen LogP contribution in [0, 0.1) is 0 Å². The quantitative estimate of drug-likeness (QED) is 0.587. The molecule has 0 saturated heterocycles. The molecule has 1 amide bonds. The van der Waals surface area contributed by atoms with Crippen molar-refractivity contribution in [2.24, 2.45) is 0 Å². The van der Waals surface area contributed by atoms with Gasteiger partial charge in [-0.25, -0.2) is 4.98 Å². The number of carbonyl (C=O) groups excluding carboxylic acids is 1. The van der Waals surface area contributed by atoms with Crippen LogP contribution in [0.4, 0.5) is 0 Å². The fourth-order valence-corrected chi connectivity index (χ4v) is 4.09. The molecule has 2 heterocycles. The second-order valence-electron chi connectivity index (χ2n) is 6.27. The van der Waals surface area contributed by atoms with Crippen molar-refractivity contribution >= 4 is 29.0 Å². The Bertz CT molecular complexity index is 824. The van der Waals surface area contributed by atoms with Gasteiger partial charge in [0, 0.05) is 16.7 Å². The molecule has 0 bridgehead atoms. The molecule has 3 aromatic rings. The van der Waals surface area contributed by atoms with Crippen LogP contribution in [0.15, 0.2) is 52.5 Å². The number of hydrogen-bond donors (Lipinski definition) is 1. The lowest BCUT2D eigenvalue weighted by molar-refractivity contribution is -0.118. The van der Waals surface area contributed by atoms with Crippen LogP contribution < -0.4 is 5.32 Å². The van der Waals surface area contributed by atoms with Gasteiger partial charge in [0.2, 0.25) is 5.91 Å². The smallest absolute Gasteiger partial charge is 0.230 e. The van der Waals surface area contributed by atoms with E-state index < -0.39 is 0 Å². The maximum Gasteiger partial charge on any atom is 0.230 e. The van der Waals surface area contributed by atoms with E-state index in [2.05, 4.69) is 53.8 Å². The number of benzene rings is 1. The van der Waals surface area contributed by atoms with E-state index >= 15 is 0 Å². The Morgan fingerprint density at radius 3 is 2.77 bits per heavy atom. The average Bonchev–Trinajstić information content (AvgIpc) is 3.32. The van der Waals surface area contributed by atoms with Crippen molar-refractivity contribution in [2.75, 3.05) is 5.75 Å². The average molecular weight is 387 g/mol. The Morgan fingerprint density at radius 1 is 1.27 bits per heavy atom. The van der Waals surface area contributed by atoms with Crippen LogP contribution in [-0.2, 0) is 17.1 Å². The molecule has 1 N–H and O–H groups in total. The fraction of sp³-hybridized carbons (Fsp3) is 0.300. The van der Waals surface area contributed by atoms with Gasteiger partial charge < -0.3 is 9.73 Å². The highest BCUT2D eigenvalue weighted by Crippen LogP contribution is 2.27. The van der Waals surface area contributed by atoms with E-state index in [1.165, 1.54) is 5.56 Å². The first kappa shape index (κ1) is 18.7. The summed E-state index contributed by atoms with van der Waals surface area (Å²) in [4.78, 5) is 16.5. The summed E-state index contributed by atoms with van der Waals surface area (Å²) in [5.74, 6) is 2.44. The minimum absolute atomic E-state index is 0.00567. The normalized spacial score (nSPS) is 11.0. The largest absolute Gasteiger partial charge is 0.467 e. The zero-order valence-electron chi connectivity index (χ0n) is 14.9. The highest BCUT2D eigenvalue weighted by atomic mass is 32.2. The monoisotopic (exact) mass is 386 g/mol. The topological polar surface area (TPSA) is 55.1 Å². The predicted molar refractivity (Wildman–Crippen MR) is 108 cm³/mol. The van der Waals surface area contributed by atoms with Gasteiger partial charge >= 0.3 is 0 Å². The predicted octanol–water partition coefficient (Wildman–Crippen LogP) is 5.08. The van der Waals surface area contributed by atoms with Crippen LogP contribution in [0.1, 0.15) is 36.8 Å². The summed E-state index contributed by atoms with van der Waals surface area (Å²) in [6, 6.07) is 12.3. The second kappa shape index (κ2) is 9.05. The summed E-state index contributed by atoms with van der Waals surface area (Å²) in [5, 5.41) is 5.94. The van der Waals surface area contributed by atoms with E-state index in [1.54, 1.807) is 29.4 Å². The third kappa shape index (κ3) is 5.22. The highest BCUT2D eigenvalue weighted by molar-refractivity contribution is 7.99. The van der Waals surface area contributed by atoms with Crippen molar-refractivity contribution in [2.45, 2.75) is 32.1 Å². The van der Waals surface area contributed by atoms with E-state index in [0.29, 0.717) is 18.2 Å². The lowest BCUT2D eigenvalue weighted by Crippen LogP contribution is -2.24. The number of nitrogens with zero attached hydrogens (tertiary/aromatic N) is 1. The molecule has 1 aromatic carbocycles. The maximum absolute atomic E-state index is 11.9. The molecule has 0 saturated carbocycles. The van der Waals surface area contributed by atoms with Crippen molar-refractivity contribution < 1.29 is 9.21 Å². The van der Waals surface area contributed by atoms with Gasteiger partial charge in [-0.15, -0.1) is 23.1 Å². The van der Waals surface area contributed by atoms with Crippen molar-refractivity contribution in [3.05, 3.63) is 65.1 Å². The van der Waals surface area contributed by atoms with Crippen LogP contribution >= 0.6 is 23.1 Å². The summed E-state index contributed by atoms with van der Waals surface area (Å²) in [6.07, 6.45) is 1.60. The summed E-state index contributed by atoms with van der Waals surface area (Å²) >= 11 is 3.21. The van der Waals surface area contributed by atoms with E-state index in [9.17, 15) is 4.79 Å². The molecule has 6 heteroatoms. The molecular weight excluding hydrogens is 364 g/mol. The number of aromatic nitrogens is 1. The van der Waals surface area contributed by atoms with Crippen molar-refractivity contribution in [1.82, 2.24) is 10.3 Å². The molecule has 26 heavy (non-hydrogen) atoms. The van der Waals surface area contributed by atoms with Gasteiger partial charge in [-0.05, 0) is 23.6 Å². The van der Waals surface area contributed by atoms with Crippen LogP contribution in [0.3, 0.4) is 0 Å². The molecule has 2 aromatic heterocycles. The molecule has 0 radical (unpaired) electrons. The lowest BCUT2D eigenvalue weighted by atomic mass is 10.0. The molecule has 0 fully saturated rings. The summed E-state index contributed by atoms with van der Waals surface area (Å²) in [6.45, 7) is 4.82. The molecule has 136 valence electrons. The number of carbonyl (C=O) groups is 1. The van der Waals surface area contributed by atoms with Crippen molar-refractivity contribution in [1.29, 1.82) is 0 Å². The Kier molecular flexibility index (Phi) is 6.52. The summed E-state index contributed by atoms with van der Waals surface area (Å²) in [5.41, 5.74) is 3.50. The van der Waals surface area contributed by atoms with E-state index in [-0.39, 0.29) is 5.91 Å². The third-order valence-corrected chi connectivity index (χ3v) is 5.81. The van der Waals surface area contributed by atoms with Crippen LogP contribution in [0.5, 0.6) is 0 Å². The Labute approximate surface area is 162 Å². The number of amides is 1. The van der Waals surface area contributed by atoms with Crippen LogP contribution in [0.2, 0.25) is 0 Å². The van der Waals surface area contributed by atoms with Crippen molar-refractivity contribution in [3.63, 3.8) is 0 Å². The first-order chi connectivity index (χ1) is 12.6. The van der Waals surface area contributed by atoms with Gasteiger partial charge in [0.25, 0.3) is 0 Å². The van der Waals surface area contributed by atoms with Crippen LogP contribution in [0.25, 0.3) is 10.6 Å². The number of rotatable bonds is 8. The number of thiazole rings is 1. The second-order valence-corrected chi connectivity index (χ2v) is 8.11. The van der Waals surface area contributed by atoms with Gasteiger partial charge in [0.05, 0.1) is 24.3 Å². The zero-order valence-corrected chi connectivity index (χ0v) is 16.5. The molecule has 4 nitrogen and oxygen atoms in total. The lowest BCUT2D eigenvalue weighted by Gasteiger charge is -2.05. The Hall–Kier alpha value is -2.05. The maximum atomic E-state index is 11.9. The zero-order chi connectivity index (χ0) is 18.4. The molecule has 0 spiro atoms. The Balaban J connectivity index is 1.45. The van der Waals surface area contributed by atoms with Crippen LogP contribution in [-0.4, -0.2) is 16.6 Å². The van der Waals surface area contributed by atoms with E-state index in [4.69, 9.17) is 4.42 Å². The molecule has 0 aliphatic carbocycles. The van der Waals surface area contributed by atoms with Gasteiger partial charge in [0.15, 0.2) is 0 Å². The van der Waals surface area contributed by atoms with Gasteiger partial charge in [-0.1, -0.05) is 38.1 Å². The minimum Gasteiger partial charge on any atom is -0.467 e. The fourth-order valence-electron chi connectivity index (χ4n) is 2.41. The molecule has 0 aliphatic heterocycles. The SMILES string of the molecule is CC(C)c1ccc(-c2nc(CSCC(=O)NCc3ccco3)cs2)cc1. The van der Waals surface area contributed by atoms with Gasteiger partial charge in [-0.3, -0.25) is 4.79 Å². The summed E-state index contributed by atoms with van der Waals surface area (Å²) in [7, 11) is 0. The number of furan rings is 1. The minimum atomic E-state index is 0.00567. The van der Waals surface area contributed by atoms with Gasteiger partial charge in [0.1, 0.15) is 10.8 Å². The highest BCUT2D eigenvalue weighted by Gasteiger charge is 2.08. The molecule has 0 aliphatic rings. The Morgan fingerprint density at radius 2 is 2.08 bits per heavy atom. The first-order valence-corrected chi connectivity index (χ1v) is 10.6. The van der Waals surface area contributed by atoms with E-state index in [1.807, 2.05) is 12.1 Å². The first-order valence-electron chi connectivity index (χ1n) is 8.53. The standard InChI is InChI=1S/C20H22N2O2S2/c1-14(2)15-5-7-16(8-6-15)20-22-17(12-26-20)11-25-13-19(23)21-10-18-4-3-9-24-18/h3-9,12,14H,10-11,13H2,1-2H3,(H,21,23). The van der Waals surface area contributed by atoms with E-state index in [0.717, 1.165) is 27.8 Å². The molecule has 3 rings (SSSR count). The number of thioether (sulfide) groups is 1. The molecule has 0 atom stereocenters. The summed E-state index contributed by atoms with van der Waals surface area (Å²) < 4.78 is 5.19.